The highest BCUT2D eigenvalue weighted by Gasteiger charge is 2.28. The van der Waals surface area contributed by atoms with Crippen molar-refractivity contribution in [2.24, 2.45) is 0 Å². The second kappa shape index (κ2) is 13.4. The minimum Gasteiger partial charge on any atom is -0.494 e. The Labute approximate surface area is 243 Å². The fraction of sp³-hybridized carbons (Fsp3) is 0.400. The molecule has 3 N–H and O–H groups in total. The van der Waals surface area contributed by atoms with Crippen molar-refractivity contribution in [2.45, 2.75) is 38.5 Å². The minimum absolute atomic E-state index is 0.205. The van der Waals surface area contributed by atoms with E-state index in [-0.39, 0.29) is 19.0 Å². The molecule has 0 fully saturated rings. The Hall–Kier alpha value is -4.58. The standard InChI is InChI=1S/C30H35N5O7/c1-20(36)27-29(38)32-9-3-11-34-13-10-31-28(34)21-5-2-6-23(17-21)40-14-4-12-35(19-26(37)33-27)30(39)22-7-8-24-25(18-22)42-16-15-41-24/h2,5-8,10,13,17-18,20,27,36H,3-4,9,11-12,14-16,19H2,1H3,(H,32,38)(H,33,37)/t20-,27+/m1/s1. The van der Waals surface area contributed by atoms with E-state index in [1.54, 1.807) is 24.4 Å². The molecule has 0 aliphatic carbocycles. The van der Waals surface area contributed by atoms with Crippen LogP contribution in [-0.4, -0.2) is 88.9 Å². The SMILES string of the molecule is C[C@@H](O)[C@@H]1NC(=O)CN(C(=O)c2ccc3c(c2)OCCO3)CCCOc2cccc(c2)-c2nccn2CCCNC1=O. The maximum Gasteiger partial charge on any atom is 0.254 e. The van der Waals surface area contributed by atoms with Gasteiger partial charge in [0.2, 0.25) is 11.8 Å². The molecule has 3 aromatic rings. The van der Waals surface area contributed by atoms with Crippen LogP contribution < -0.4 is 24.8 Å². The van der Waals surface area contributed by atoms with Gasteiger partial charge in [-0.25, -0.2) is 4.98 Å². The second-order valence-electron chi connectivity index (χ2n) is 10.2. The highest BCUT2D eigenvalue weighted by Crippen LogP contribution is 2.31. The molecule has 2 aliphatic rings. The molecule has 5 rings (SSSR count). The van der Waals surface area contributed by atoms with E-state index in [9.17, 15) is 19.5 Å². The average Bonchev–Trinajstić information content (AvgIpc) is 3.47. The fourth-order valence-corrected chi connectivity index (χ4v) is 4.90. The van der Waals surface area contributed by atoms with Crippen LogP contribution in [0.15, 0.2) is 54.9 Å². The van der Waals surface area contributed by atoms with Crippen LogP contribution in [-0.2, 0) is 16.1 Å². The summed E-state index contributed by atoms with van der Waals surface area (Å²) in [6.07, 6.45) is 3.48. The Kier molecular flexibility index (Phi) is 9.22. The van der Waals surface area contributed by atoms with Crippen LogP contribution in [0.1, 0.15) is 30.1 Å². The number of aliphatic hydroxyl groups excluding tert-OH is 1. The Morgan fingerprint density at radius 2 is 1.86 bits per heavy atom. The molecule has 12 nitrogen and oxygen atoms in total. The summed E-state index contributed by atoms with van der Waals surface area (Å²) >= 11 is 0. The summed E-state index contributed by atoms with van der Waals surface area (Å²) in [4.78, 5) is 45.5. The molecule has 2 atom stereocenters. The van der Waals surface area contributed by atoms with Crippen molar-refractivity contribution in [2.75, 3.05) is 39.5 Å². The second-order valence-corrected chi connectivity index (χ2v) is 10.2. The zero-order valence-electron chi connectivity index (χ0n) is 23.5. The summed E-state index contributed by atoms with van der Waals surface area (Å²) in [7, 11) is 0. The number of amides is 3. The van der Waals surface area contributed by atoms with Crippen LogP contribution in [0.2, 0.25) is 0 Å². The molecule has 0 saturated carbocycles. The number of aromatic nitrogens is 2. The molecule has 0 unspecified atom stereocenters. The molecule has 3 amide bonds. The molecule has 2 bridgehead atoms. The van der Waals surface area contributed by atoms with E-state index in [4.69, 9.17) is 14.2 Å². The van der Waals surface area contributed by atoms with Gasteiger partial charge in [-0.1, -0.05) is 12.1 Å². The van der Waals surface area contributed by atoms with Gasteiger partial charge in [-0.2, -0.15) is 0 Å². The number of hydrogen-bond donors (Lipinski definition) is 3. The number of carbonyl (C=O) groups is 3. The van der Waals surface area contributed by atoms with Crippen molar-refractivity contribution in [3.05, 3.63) is 60.4 Å². The smallest absolute Gasteiger partial charge is 0.254 e. The molecule has 0 spiro atoms. The number of nitrogens with one attached hydrogen (secondary N) is 2. The Bertz CT molecular complexity index is 1420. The largest absolute Gasteiger partial charge is 0.494 e. The van der Waals surface area contributed by atoms with Crippen LogP contribution in [0.4, 0.5) is 0 Å². The van der Waals surface area contributed by atoms with Gasteiger partial charge in [0.1, 0.15) is 30.8 Å². The van der Waals surface area contributed by atoms with Gasteiger partial charge in [-0.05, 0) is 50.1 Å². The van der Waals surface area contributed by atoms with E-state index in [0.717, 1.165) is 11.4 Å². The Balaban J connectivity index is 1.37. The normalized spacial score (nSPS) is 19.1. The third kappa shape index (κ3) is 7.00. The molecule has 0 radical (unpaired) electrons. The topological polar surface area (TPSA) is 144 Å². The molecular formula is C30H35N5O7. The van der Waals surface area contributed by atoms with Crippen molar-refractivity contribution < 1.29 is 33.7 Å². The van der Waals surface area contributed by atoms with Gasteiger partial charge >= 0.3 is 0 Å². The first-order valence-electron chi connectivity index (χ1n) is 14.1. The summed E-state index contributed by atoms with van der Waals surface area (Å²) in [6.45, 7) is 3.34. The predicted octanol–water partition coefficient (Wildman–Crippen LogP) is 1.62. The first-order valence-corrected chi connectivity index (χ1v) is 14.1. The van der Waals surface area contributed by atoms with Crippen LogP contribution in [0.25, 0.3) is 11.4 Å². The lowest BCUT2D eigenvalue weighted by Crippen LogP contribution is -2.55. The molecule has 1 aromatic heterocycles. The first kappa shape index (κ1) is 28.9. The molecule has 2 aromatic carbocycles. The van der Waals surface area contributed by atoms with E-state index in [0.29, 0.717) is 68.6 Å². The average molecular weight is 578 g/mol. The Morgan fingerprint density at radius 1 is 1.02 bits per heavy atom. The predicted molar refractivity (Wildman–Crippen MR) is 152 cm³/mol. The molecular weight excluding hydrogens is 542 g/mol. The number of carbonyl (C=O) groups excluding carboxylic acids is 3. The summed E-state index contributed by atoms with van der Waals surface area (Å²) in [5, 5.41) is 15.7. The van der Waals surface area contributed by atoms with Gasteiger partial charge in [-0.3, -0.25) is 14.4 Å². The maximum atomic E-state index is 13.6. The van der Waals surface area contributed by atoms with Gasteiger partial charge in [0, 0.05) is 43.2 Å². The maximum absolute atomic E-state index is 13.6. The van der Waals surface area contributed by atoms with E-state index in [1.807, 2.05) is 35.0 Å². The minimum atomic E-state index is -1.18. The Morgan fingerprint density at radius 3 is 2.69 bits per heavy atom. The third-order valence-corrected chi connectivity index (χ3v) is 7.02. The first-order chi connectivity index (χ1) is 20.4. The van der Waals surface area contributed by atoms with Crippen molar-refractivity contribution in [3.63, 3.8) is 0 Å². The summed E-state index contributed by atoms with van der Waals surface area (Å²) in [5.41, 5.74) is 1.22. The lowest BCUT2D eigenvalue weighted by molar-refractivity contribution is -0.131. The third-order valence-electron chi connectivity index (χ3n) is 7.02. The summed E-state index contributed by atoms with van der Waals surface area (Å²) < 4.78 is 19.2. The van der Waals surface area contributed by atoms with Crippen LogP contribution in [0, 0.1) is 0 Å². The van der Waals surface area contributed by atoms with Gasteiger partial charge < -0.3 is 39.4 Å². The summed E-state index contributed by atoms with van der Waals surface area (Å²) in [5.74, 6) is 0.979. The van der Waals surface area contributed by atoms with Crippen molar-refractivity contribution in [1.82, 2.24) is 25.1 Å². The number of hydrogen-bond acceptors (Lipinski definition) is 8. The van der Waals surface area contributed by atoms with Gasteiger partial charge in [0.25, 0.3) is 5.91 Å². The van der Waals surface area contributed by atoms with Crippen molar-refractivity contribution >= 4 is 17.7 Å². The lowest BCUT2D eigenvalue weighted by atomic mass is 10.1. The van der Waals surface area contributed by atoms with Gasteiger partial charge in [0.05, 0.1) is 19.3 Å². The molecule has 2 aliphatic heterocycles. The van der Waals surface area contributed by atoms with Crippen LogP contribution in [0.3, 0.4) is 0 Å². The van der Waals surface area contributed by atoms with Gasteiger partial charge in [-0.15, -0.1) is 0 Å². The number of benzene rings is 2. The molecule has 12 heteroatoms. The quantitative estimate of drug-likeness (QED) is 0.417. The van der Waals surface area contributed by atoms with Crippen LogP contribution in [0.5, 0.6) is 17.2 Å². The van der Waals surface area contributed by atoms with E-state index >= 15 is 0 Å². The molecule has 0 saturated heterocycles. The van der Waals surface area contributed by atoms with E-state index < -0.39 is 24.0 Å². The zero-order chi connectivity index (χ0) is 29.5. The highest BCUT2D eigenvalue weighted by molar-refractivity contribution is 5.97. The summed E-state index contributed by atoms with van der Waals surface area (Å²) in [6, 6.07) is 11.3. The molecule has 42 heavy (non-hydrogen) atoms. The number of aliphatic hydroxyl groups is 1. The monoisotopic (exact) mass is 577 g/mol. The van der Waals surface area contributed by atoms with Crippen molar-refractivity contribution in [1.29, 1.82) is 0 Å². The number of nitrogens with zero attached hydrogens (tertiary/aromatic N) is 3. The van der Waals surface area contributed by atoms with E-state index in [1.165, 1.54) is 11.8 Å². The fourth-order valence-electron chi connectivity index (χ4n) is 4.90. The highest BCUT2D eigenvalue weighted by atomic mass is 16.6. The van der Waals surface area contributed by atoms with E-state index in [2.05, 4.69) is 15.6 Å². The number of ether oxygens (including phenoxy) is 3. The molecule has 3 heterocycles. The lowest BCUT2D eigenvalue weighted by Gasteiger charge is -2.26. The number of rotatable bonds is 2. The number of fused-ring (bicyclic) bond motifs is 5. The number of imidazole rings is 1. The zero-order valence-corrected chi connectivity index (χ0v) is 23.5. The van der Waals surface area contributed by atoms with Crippen LogP contribution >= 0.6 is 0 Å². The van der Waals surface area contributed by atoms with Gasteiger partial charge in [0.15, 0.2) is 11.5 Å². The molecule has 222 valence electrons. The number of aryl methyl sites for hydroxylation is 1. The van der Waals surface area contributed by atoms with Crippen molar-refractivity contribution in [3.8, 4) is 28.6 Å².